The minimum atomic E-state index is -0.239. The Hall–Kier alpha value is -1.47. The molecule has 7 heteroatoms. The van der Waals surface area contributed by atoms with Crippen molar-refractivity contribution in [3.05, 3.63) is 4.88 Å². The molecule has 118 valence electrons. The summed E-state index contributed by atoms with van der Waals surface area (Å²) in [5.74, 6) is 0.416. The zero-order chi connectivity index (χ0) is 15.4. The number of piperidine rings is 1. The highest BCUT2D eigenvalue weighted by molar-refractivity contribution is 7.19. The van der Waals surface area contributed by atoms with Gasteiger partial charge in [-0.25, -0.2) is 0 Å². The van der Waals surface area contributed by atoms with Gasteiger partial charge in [0.2, 0.25) is 0 Å². The van der Waals surface area contributed by atoms with Crippen LogP contribution in [0.4, 0.5) is 10.7 Å². The predicted molar refractivity (Wildman–Crippen MR) is 85.4 cm³/mol. The Labute approximate surface area is 128 Å². The molecular formula is C14H23N3O3S. The van der Waals surface area contributed by atoms with E-state index in [1.807, 2.05) is 6.92 Å². The number of ether oxygens (including phenoxy) is 1. The number of anilines is 2. The van der Waals surface area contributed by atoms with Crippen LogP contribution in [0.3, 0.4) is 0 Å². The molecule has 2 rings (SSSR count). The normalized spacial score (nSPS) is 16.0. The summed E-state index contributed by atoms with van der Waals surface area (Å²) in [4.78, 5) is 14.8. The lowest BCUT2D eigenvalue weighted by molar-refractivity contribution is 0.0958. The molecule has 0 spiro atoms. The molecule has 2 heterocycles. The number of amides is 1. The van der Waals surface area contributed by atoms with Gasteiger partial charge in [0.1, 0.15) is 15.6 Å². The van der Waals surface area contributed by atoms with Gasteiger partial charge in [-0.2, -0.15) is 0 Å². The largest absolute Gasteiger partial charge is 0.492 e. The molecule has 1 amide bonds. The first-order valence-electron chi connectivity index (χ1n) is 7.25. The van der Waals surface area contributed by atoms with E-state index in [-0.39, 0.29) is 12.0 Å². The van der Waals surface area contributed by atoms with Crippen molar-refractivity contribution in [1.82, 2.24) is 5.32 Å². The summed E-state index contributed by atoms with van der Waals surface area (Å²) in [5, 5.41) is 13.3. The maximum absolute atomic E-state index is 12.1. The van der Waals surface area contributed by atoms with E-state index in [1.54, 1.807) is 7.11 Å². The first-order chi connectivity index (χ1) is 10.1. The van der Waals surface area contributed by atoms with Crippen molar-refractivity contribution in [2.24, 2.45) is 0 Å². The van der Waals surface area contributed by atoms with E-state index in [4.69, 9.17) is 10.5 Å². The van der Waals surface area contributed by atoms with E-state index in [0.29, 0.717) is 22.9 Å². The minimum absolute atomic E-state index is 0.152. The van der Waals surface area contributed by atoms with Crippen LogP contribution in [-0.2, 0) is 0 Å². The topological polar surface area (TPSA) is 87.8 Å². The molecule has 0 radical (unpaired) electrons. The lowest BCUT2D eigenvalue weighted by Crippen LogP contribution is -2.35. The summed E-state index contributed by atoms with van der Waals surface area (Å²) in [6.07, 6.45) is 2.08. The van der Waals surface area contributed by atoms with Gasteiger partial charge in [0.05, 0.1) is 13.2 Å². The van der Waals surface area contributed by atoms with Gasteiger partial charge in [-0.15, -0.1) is 11.3 Å². The number of nitrogens with one attached hydrogen (secondary N) is 1. The van der Waals surface area contributed by atoms with Crippen molar-refractivity contribution in [1.29, 1.82) is 0 Å². The minimum Gasteiger partial charge on any atom is -0.492 e. The summed E-state index contributed by atoms with van der Waals surface area (Å²) in [6, 6.07) is 0. The molecule has 0 atom stereocenters. The number of hydrogen-bond acceptors (Lipinski definition) is 6. The number of aliphatic hydroxyl groups excluding tert-OH is 1. The zero-order valence-electron chi connectivity index (χ0n) is 12.5. The summed E-state index contributed by atoms with van der Waals surface area (Å²) >= 11 is 1.36. The second kappa shape index (κ2) is 7.00. The molecule has 1 saturated heterocycles. The number of nitrogens with two attached hydrogens (primary N) is 1. The average Bonchev–Trinajstić information content (AvgIpc) is 2.82. The molecule has 1 aromatic heterocycles. The standard InChI is InChI=1S/C14H23N3O3S/c1-3-6-16-13(19)12-10(15)11(20-2)14(21-12)17-7-4-9(18)5-8-17/h9,18H,3-8,15H2,1-2H3,(H,16,19). The Morgan fingerprint density at radius 3 is 2.76 bits per heavy atom. The highest BCUT2D eigenvalue weighted by Gasteiger charge is 2.27. The number of aliphatic hydroxyl groups is 1. The Bertz CT molecular complexity index is 496. The predicted octanol–water partition coefficient (Wildman–Crippen LogP) is 1.44. The molecule has 0 aliphatic carbocycles. The maximum Gasteiger partial charge on any atom is 0.263 e. The van der Waals surface area contributed by atoms with Crippen LogP contribution in [0.2, 0.25) is 0 Å². The number of nitrogens with zero attached hydrogens (tertiary/aromatic N) is 1. The summed E-state index contributed by atoms with van der Waals surface area (Å²) in [6.45, 7) is 4.12. The third-order valence-electron chi connectivity index (χ3n) is 3.58. The van der Waals surface area contributed by atoms with E-state index < -0.39 is 0 Å². The molecule has 0 aromatic carbocycles. The maximum atomic E-state index is 12.1. The number of carbonyl (C=O) groups is 1. The Kier molecular flexibility index (Phi) is 5.30. The van der Waals surface area contributed by atoms with Crippen molar-refractivity contribution >= 4 is 27.9 Å². The van der Waals surface area contributed by atoms with Gasteiger partial charge in [-0.1, -0.05) is 6.92 Å². The molecular weight excluding hydrogens is 290 g/mol. The van der Waals surface area contributed by atoms with Gasteiger partial charge >= 0.3 is 0 Å². The number of thiophene rings is 1. The van der Waals surface area contributed by atoms with Crippen molar-refractivity contribution in [3.8, 4) is 5.75 Å². The van der Waals surface area contributed by atoms with Gasteiger partial charge in [-0.05, 0) is 19.3 Å². The Morgan fingerprint density at radius 2 is 2.19 bits per heavy atom. The molecule has 1 fully saturated rings. The highest BCUT2D eigenvalue weighted by atomic mass is 32.1. The molecule has 1 aliphatic rings. The van der Waals surface area contributed by atoms with Crippen LogP contribution in [0.25, 0.3) is 0 Å². The monoisotopic (exact) mass is 313 g/mol. The van der Waals surface area contributed by atoms with Crippen LogP contribution in [0.5, 0.6) is 5.75 Å². The molecule has 1 aromatic rings. The van der Waals surface area contributed by atoms with Gasteiger partial charge in [0.15, 0.2) is 5.75 Å². The molecule has 0 saturated carbocycles. The van der Waals surface area contributed by atoms with Gasteiger partial charge in [0.25, 0.3) is 5.91 Å². The van der Waals surface area contributed by atoms with Crippen LogP contribution in [-0.4, -0.2) is 43.9 Å². The Morgan fingerprint density at radius 1 is 1.52 bits per heavy atom. The number of methoxy groups -OCH3 is 1. The summed E-state index contributed by atoms with van der Waals surface area (Å²) < 4.78 is 5.39. The zero-order valence-corrected chi connectivity index (χ0v) is 13.3. The fourth-order valence-corrected chi connectivity index (χ4v) is 3.54. The average molecular weight is 313 g/mol. The molecule has 21 heavy (non-hydrogen) atoms. The molecule has 0 bridgehead atoms. The van der Waals surface area contributed by atoms with Gasteiger partial charge < -0.3 is 25.8 Å². The molecule has 4 N–H and O–H groups in total. The smallest absolute Gasteiger partial charge is 0.263 e. The van der Waals surface area contributed by atoms with E-state index in [2.05, 4.69) is 10.2 Å². The van der Waals surface area contributed by atoms with E-state index in [1.165, 1.54) is 11.3 Å². The third kappa shape index (κ3) is 3.41. The first kappa shape index (κ1) is 15.9. The third-order valence-corrected chi connectivity index (χ3v) is 4.83. The lowest BCUT2D eigenvalue weighted by Gasteiger charge is -2.30. The summed E-state index contributed by atoms with van der Waals surface area (Å²) in [5.41, 5.74) is 6.47. The van der Waals surface area contributed by atoms with Crippen molar-refractivity contribution < 1.29 is 14.6 Å². The number of nitrogen functional groups attached to an aromatic ring is 1. The quantitative estimate of drug-likeness (QED) is 0.765. The lowest BCUT2D eigenvalue weighted by atomic mass is 10.1. The highest BCUT2D eigenvalue weighted by Crippen LogP contribution is 2.45. The van der Waals surface area contributed by atoms with Crippen molar-refractivity contribution in [2.45, 2.75) is 32.3 Å². The summed E-state index contributed by atoms with van der Waals surface area (Å²) in [7, 11) is 1.56. The molecule has 1 aliphatic heterocycles. The number of rotatable bonds is 5. The van der Waals surface area contributed by atoms with E-state index in [9.17, 15) is 9.90 Å². The van der Waals surface area contributed by atoms with Crippen LogP contribution in [0, 0.1) is 0 Å². The second-order valence-electron chi connectivity index (χ2n) is 5.16. The Balaban J connectivity index is 2.23. The number of hydrogen-bond donors (Lipinski definition) is 3. The van der Waals surface area contributed by atoms with Crippen LogP contribution in [0.15, 0.2) is 0 Å². The number of carbonyl (C=O) groups excluding carboxylic acids is 1. The van der Waals surface area contributed by atoms with Crippen molar-refractivity contribution in [3.63, 3.8) is 0 Å². The second-order valence-corrected chi connectivity index (χ2v) is 6.16. The van der Waals surface area contributed by atoms with E-state index in [0.717, 1.165) is 37.4 Å². The first-order valence-corrected chi connectivity index (χ1v) is 8.07. The van der Waals surface area contributed by atoms with Crippen LogP contribution in [0.1, 0.15) is 35.9 Å². The van der Waals surface area contributed by atoms with E-state index >= 15 is 0 Å². The molecule has 6 nitrogen and oxygen atoms in total. The fourth-order valence-electron chi connectivity index (χ4n) is 2.38. The fraction of sp³-hybridized carbons (Fsp3) is 0.643. The van der Waals surface area contributed by atoms with Gasteiger partial charge in [0, 0.05) is 19.6 Å². The SMILES string of the molecule is CCCNC(=O)c1sc(N2CCC(O)CC2)c(OC)c1N. The van der Waals surface area contributed by atoms with Crippen molar-refractivity contribution in [2.75, 3.05) is 37.4 Å². The van der Waals surface area contributed by atoms with Crippen LogP contribution < -0.4 is 20.7 Å². The van der Waals surface area contributed by atoms with Crippen LogP contribution >= 0.6 is 11.3 Å². The van der Waals surface area contributed by atoms with Gasteiger partial charge in [-0.3, -0.25) is 4.79 Å². The molecule has 0 unspecified atom stereocenters.